The number of benzene rings is 1. The Morgan fingerprint density at radius 3 is 2.24 bits per heavy atom. The molecule has 1 saturated carbocycles. The third-order valence-corrected chi connectivity index (χ3v) is 6.56. The molecule has 1 aliphatic carbocycles. The van der Waals surface area contributed by atoms with E-state index in [9.17, 15) is 5.11 Å². The smallest absolute Gasteiger partial charge is 0.203 e. The van der Waals surface area contributed by atoms with Crippen molar-refractivity contribution in [1.29, 1.82) is 0 Å². The molecule has 2 fully saturated rings. The van der Waals surface area contributed by atoms with Crippen molar-refractivity contribution in [1.82, 2.24) is 9.88 Å². The number of hydrogen-bond donors (Lipinski definition) is 1. The molecule has 2 aromatic rings. The summed E-state index contributed by atoms with van der Waals surface area (Å²) in [5.41, 5.74) is 1.30. The second-order valence-corrected chi connectivity index (χ2v) is 8.12. The summed E-state index contributed by atoms with van der Waals surface area (Å²) in [6.07, 6.45) is 6.85. The summed E-state index contributed by atoms with van der Waals surface area (Å²) >= 11 is 0. The predicted octanol–water partition coefficient (Wildman–Crippen LogP) is 3.23. The summed E-state index contributed by atoms with van der Waals surface area (Å²) in [5.74, 6) is 2.37. The molecule has 29 heavy (non-hydrogen) atoms. The molecule has 6 nitrogen and oxygen atoms in total. The number of pyridine rings is 1. The Balaban J connectivity index is 1.57. The highest BCUT2D eigenvalue weighted by atomic mass is 16.5. The van der Waals surface area contributed by atoms with Gasteiger partial charge >= 0.3 is 0 Å². The molecule has 2 bridgehead atoms. The Hall–Kier alpha value is -2.31. The fourth-order valence-electron chi connectivity index (χ4n) is 5.23. The molecule has 4 rings (SSSR count). The van der Waals surface area contributed by atoms with Crippen LogP contribution in [0.3, 0.4) is 0 Å². The van der Waals surface area contributed by atoms with Gasteiger partial charge in [0, 0.05) is 49.4 Å². The maximum atomic E-state index is 11.7. The molecule has 2 unspecified atom stereocenters. The number of aromatic nitrogens is 1. The van der Waals surface area contributed by atoms with E-state index in [1.54, 1.807) is 27.5 Å². The Kier molecular flexibility index (Phi) is 5.65. The van der Waals surface area contributed by atoms with Crippen LogP contribution < -0.4 is 14.2 Å². The van der Waals surface area contributed by atoms with Crippen molar-refractivity contribution in [2.45, 2.75) is 31.4 Å². The minimum atomic E-state index is -0.779. The minimum Gasteiger partial charge on any atom is -0.493 e. The summed E-state index contributed by atoms with van der Waals surface area (Å²) in [7, 11) is 4.89. The van der Waals surface area contributed by atoms with E-state index in [1.807, 2.05) is 30.5 Å². The normalized spacial score (nSPS) is 26.8. The van der Waals surface area contributed by atoms with Gasteiger partial charge in [-0.05, 0) is 36.6 Å². The van der Waals surface area contributed by atoms with Crippen LogP contribution in [0.2, 0.25) is 0 Å². The van der Waals surface area contributed by atoms with E-state index in [0.717, 1.165) is 43.6 Å². The van der Waals surface area contributed by atoms with Crippen LogP contribution in [-0.2, 0) is 12.1 Å². The second-order valence-electron chi connectivity index (χ2n) is 8.12. The van der Waals surface area contributed by atoms with Gasteiger partial charge in [0.1, 0.15) is 0 Å². The van der Waals surface area contributed by atoms with Gasteiger partial charge in [0.25, 0.3) is 0 Å². The molecule has 0 amide bonds. The van der Waals surface area contributed by atoms with Crippen LogP contribution in [0.5, 0.6) is 17.2 Å². The number of ether oxygens (including phenoxy) is 3. The van der Waals surface area contributed by atoms with Crippen LogP contribution in [0.15, 0.2) is 36.7 Å². The lowest BCUT2D eigenvalue weighted by molar-refractivity contribution is -0.148. The molecular formula is C23H30N2O4. The number of nitrogens with zero attached hydrogens (tertiary/aromatic N) is 2. The van der Waals surface area contributed by atoms with Crippen molar-refractivity contribution in [3.63, 3.8) is 0 Å². The monoisotopic (exact) mass is 398 g/mol. The first-order valence-corrected chi connectivity index (χ1v) is 10.2. The number of aliphatic hydroxyl groups is 1. The first-order chi connectivity index (χ1) is 14.1. The molecule has 2 aliphatic rings. The van der Waals surface area contributed by atoms with Crippen LogP contribution in [0.4, 0.5) is 0 Å². The van der Waals surface area contributed by atoms with E-state index in [4.69, 9.17) is 14.2 Å². The van der Waals surface area contributed by atoms with Crippen LogP contribution in [0.25, 0.3) is 0 Å². The van der Waals surface area contributed by atoms with Gasteiger partial charge in [-0.15, -0.1) is 0 Å². The molecule has 1 aliphatic heterocycles. The van der Waals surface area contributed by atoms with Gasteiger partial charge in [-0.1, -0.05) is 12.5 Å². The maximum Gasteiger partial charge on any atom is 0.203 e. The van der Waals surface area contributed by atoms with Crippen LogP contribution in [-0.4, -0.2) is 49.4 Å². The van der Waals surface area contributed by atoms with Gasteiger partial charge in [0.15, 0.2) is 11.5 Å². The Labute approximate surface area is 172 Å². The third kappa shape index (κ3) is 3.55. The van der Waals surface area contributed by atoms with Crippen molar-refractivity contribution in [2.24, 2.45) is 11.8 Å². The van der Waals surface area contributed by atoms with Crippen molar-refractivity contribution in [3.05, 3.63) is 47.8 Å². The van der Waals surface area contributed by atoms with Crippen molar-refractivity contribution < 1.29 is 19.3 Å². The van der Waals surface area contributed by atoms with Crippen LogP contribution >= 0.6 is 0 Å². The van der Waals surface area contributed by atoms with E-state index in [1.165, 1.54) is 6.42 Å². The SMILES string of the molecule is COc1cc(CN2CC3CCCC(C2)C3(O)c2cccnc2)cc(OC)c1OC. The number of piperidine rings is 1. The zero-order valence-corrected chi connectivity index (χ0v) is 17.4. The quantitative estimate of drug-likeness (QED) is 0.806. The zero-order chi connectivity index (χ0) is 20.4. The highest BCUT2D eigenvalue weighted by Gasteiger charge is 2.51. The number of likely N-dealkylation sites (tertiary alicyclic amines) is 1. The average Bonchev–Trinajstić information content (AvgIpc) is 2.74. The van der Waals surface area contributed by atoms with E-state index < -0.39 is 5.60 Å². The fraction of sp³-hybridized carbons (Fsp3) is 0.522. The minimum absolute atomic E-state index is 0.209. The number of hydrogen-bond acceptors (Lipinski definition) is 6. The van der Waals surface area contributed by atoms with E-state index >= 15 is 0 Å². The molecule has 1 aromatic carbocycles. The summed E-state index contributed by atoms with van der Waals surface area (Å²) in [4.78, 5) is 6.70. The molecule has 0 radical (unpaired) electrons. The van der Waals surface area contributed by atoms with Crippen LogP contribution in [0.1, 0.15) is 30.4 Å². The van der Waals surface area contributed by atoms with Crippen molar-refractivity contribution in [3.8, 4) is 17.2 Å². The highest BCUT2D eigenvalue weighted by Crippen LogP contribution is 2.49. The lowest BCUT2D eigenvalue weighted by Gasteiger charge is -2.53. The predicted molar refractivity (Wildman–Crippen MR) is 110 cm³/mol. The topological polar surface area (TPSA) is 64.1 Å². The van der Waals surface area contributed by atoms with Gasteiger partial charge in [-0.3, -0.25) is 9.88 Å². The van der Waals surface area contributed by atoms with Gasteiger partial charge in [0.2, 0.25) is 5.75 Å². The molecule has 1 saturated heterocycles. The average molecular weight is 399 g/mol. The number of fused-ring (bicyclic) bond motifs is 2. The van der Waals surface area contributed by atoms with Crippen LogP contribution in [0, 0.1) is 11.8 Å². The molecular weight excluding hydrogens is 368 g/mol. The Morgan fingerprint density at radius 2 is 1.72 bits per heavy atom. The Bertz CT molecular complexity index is 803. The summed E-state index contributed by atoms with van der Waals surface area (Å²) in [6.45, 7) is 2.50. The molecule has 6 heteroatoms. The van der Waals surface area contributed by atoms with Gasteiger partial charge in [-0.2, -0.15) is 0 Å². The first kappa shape index (κ1) is 20.0. The summed E-state index contributed by atoms with van der Waals surface area (Å²) < 4.78 is 16.4. The molecule has 0 spiro atoms. The molecule has 1 N–H and O–H groups in total. The Morgan fingerprint density at radius 1 is 1.07 bits per heavy atom. The maximum absolute atomic E-state index is 11.7. The zero-order valence-electron chi connectivity index (χ0n) is 17.4. The fourth-order valence-corrected chi connectivity index (χ4v) is 5.23. The summed E-state index contributed by atoms with van der Waals surface area (Å²) in [6, 6.07) is 7.97. The lowest BCUT2D eigenvalue weighted by Crippen LogP contribution is -2.57. The lowest BCUT2D eigenvalue weighted by atomic mass is 9.63. The van der Waals surface area contributed by atoms with E-state index in [2.05, 4.69) is 9.88 Å². The van der Waals surface area contributed by atoms with Crippen molar-refractivity contribution >= 4 is 0 Å². The first-order valence-electron chi connectivity index (χ1n) is 10.2. The van der Waals surface area contributed by atoms with Gasteiger partial charge in [0.05, 0.1) is 26.9 Å². The number of methoxy groups -OCH3 is 3. The largest absolute Gasteiger partial charge is 0.493 e. The molecule has 156 valence electrons. The molecule has 2 atom stereocenters. The third-order valence-electron chi connectivity index (χ3n) is 6.56. The van der Waals surface area contributed by atoms with Gasteiger partial charge in [-0.25, -0.2) is 0 Å². The highest BCUT2D eigenvalue weighted by molar-refractivity contribution is 5.53. The molecule has 1 aromatic heterocycles. The second kappa shape index (κ2) is 8.20. The van der Waals surface area contributed by atoms with Crippen molar-refractivity contribution in [2.75, 3.05) is 34.4 Å². The molecule has 2 heterocycles. The standard InChI is InChI=1S/C23H30N2O4/c1-27-20-10-16(11-21(28-2)22(20)29-3)13-25-14-18-6-4-7-19(15-25)23(18,26)17-8-5-9-24-12-17/h5,8-12,18-19,26H,4,6-7,13-15H2,1-3H3. The van der Waals surface area contributed by atoms with E-state index in [0.29, 0.717) is 17.2 Å². The van der Waals surface area contributed by atoms with E-state index in [-0.39, 0.29) is 11.8 Å². The number of rotatable bonds is 6. The summed E-state index contributed by atoms with van der Waals surface area (Å²) in [5, 5.41) is 11.7. The van der Waals surface area contributed by atoms with Gasteiger partial charge < -0.3 is 19.3 Å².